The standard InChI is InChI=1S/C8H12N2O2/c1-12-8-5-10-3-2-6(8)7(11)4-9/h2-3,5,7,11H,4,9H2,1H3. The second-order valence-electron chi connectivity index (χ2n) is 2.37. The van der Waals surface area contributed by atoms with Crippen molar-refractivity contribution in [3.63, 3.8) is 0 Å². The molecule has 0 saturated heterocycles. The van der Waals surface area contributed by atoms with Crippen LogP contribution in [0.3, 0.4) is 0 Å². The van der Waals surface area contributed by atoms with Gasteiger partial charge < -0.3 is 15.6 Å². The number of aliphatic hydroxyl groups is 1. The number of hydrogen-bond acceptors (Lipinski definition) is 4. The molecule has 0 saturated carbocycles. The molecule has 0 aromatic carbocycles. The summed E-state index contributed by atoms with van der Waals surface area (Å²) in [5.41, 5.74) is 5.98. The molecule has 0 aliphatic carbocycles. The van der Waals surface area contributed by atoms with Crippen LogP contribution < -0.4 is 10.5 Å². The molecular weight excluding hydrogens is 156 g/mol. The first-order valence-electron chi connectivity index (χ1n) is 3.65. The maximum atomic E-state index is 9.41. The third kappa shape index (κ3) is 1.72. The Hall–Kier alpha value is -1.13. The van der Waals surface area contributed by atoms with E-state index in [0.29, 0.717) is 11.3 Å². The third-order valence-electron chi connectivity index (χ3n) is 1.62. The lowest BCUT2D eigenvalue weighted by atomic mass is 10.1. The topological polar surface area (TPSA) is 68.4 Å². The van der Waals surface area contributed by atoms with Crippen molar-refractivity contribution in [1.29, 1.82) is 0 Å². The molecule has 0 fully saturated rings. The molecule has 1 aromatic heterocycles. The molecule has 4 nitrogen and oxygen atoms in total. The van der Waals surface area contributed by atoms with Crippen LogP contribution in [0.25, 0.3) is 0 Å². The smallest absolute Gasteiger partial charge is 0.142 e. The van der Waals surface area contributed by atoms with Gasteiger partial charge >= 0.3 is 0 Å². The van der Waals surface area contributed by atoms with Gasteiger partial charge in [0.05, 0.1) is 19.4 Å². The molecule has 0 spiro atoms. The zero-order chi connectivity index (χ0) is 8.97. The average Bonchev–Trinajstić information content (AvgIpc) is 2.16. The Balaban J connectivity index is 2.96. The van der Waals surface area contributed by atoms with Crippen molar-refractivity contribution in [2.24, 2.45) is 5.73 Å². The SMILES string of the molecule is COc1cnccc1C(O)CN. The molecule has 1 atom stereocenters. The van der Waals surface area contributed by atoms with E-state index in [1.54, 1.807) is 18.5 Å². The number of pyridine rings is 1. The highest BCUT2D eigenvalue weighted by atomic mass is 16.5. The number of nitrogens with two attached hydrogens (primary N) is 1. The fourth-order valence-electron chi connectivity index (χ4n) is 0.964. The lowest BCUT2D eigenvalue weighted by Crippen LogP contribution is -2.12. The van der Waals surface area contributed by atoms with Crippen molar-refractivity contribution in [3.8, 4) is 5.75 Å². The average molecular weight is 168 g/mol. The lowest BCUT2D eigenvalue weighted by molar-refractivity contribution is 0.182. The van der Waals surface area contributed by atoms with E-state index in [-0.39, 0.29) is 6.54 Å². The Kier molecular flexibility index (Phi) is 3.01. The van der Waals surface area contributed by atoms with Crippen molar-refractivity contribution < 1.29 is 9.84 Å². The second-order valence-corrected chi connectivity index (χ2v) is 2.37. The summed E-state index contributed by atoms with van der Waals surface area (Å²) in [6, 6.07) is 1.69. The number of rotatable bonds is 3. The maximum absolute atomic E-state index is 9.41. The van der Waals surface area contributed by atoms with E-state index in [2.05, 4.69) is 4.98 Å². The van der Waals surface area contributed by atoms with E-state index in [1.807, 2.05) is 0 Å². The van der Waals surface area contributed by atoms with Gasteiger partial charge in [-0.05, 0) is 6.07 Å². The summed E-state index contributed by atoms with van der Waals surface area (Å²) in [4.78, 5) is 3.86. The first-order chi connectivity index (χ1) is 5.79. The molecule has 0 bridgehead atoms. The van der Waals surface area contributed by atoms with Crippen molar-refractivity contribution in [3.05, 3.63) is 24.0 Å². The van der Waals surface area contributed by atoms with Gasteiger partial charge in [-0.2, -0.15) is 0 Å². The quantitative estimate of drug-likeness (QED) is 0.670. The summed E-state index contributed by atoms with van der Waals surface area (Å²) in [7, 11) is 1.53. The van der Waals surface area contributed by atoms with E-state index in [0.717, 1.165) is 0 Å². The molecule has 4 heteroatoms. The number of aromatic nitrogens is 1. The molecule has 0 amide bonds. The van der Waals surface area contributed by atoms with E-state index in [9.17, 15) is 5.11 Å². The van der Waals surface area contributed by atoms with Crippen LogP contribution in [-0.2, 0) is 0 Å². The normalized spacial score (nSPS) is 12.6. The van der Waals surface area contributed by atoms with Gasteiger partial charge in [-0.1, -0.05) is 0 Å². The number of aliphatic hydroxyl groups excluding tert-OH is 1. The van der Waals surface area contributed by atoms with Crippen LogP contribution in [0.1, 0.15) is 11.7 Å². The number of nitrogens with zero attached hydrogens (tertiary/aromatic N) is 1. The minimum Gasteiger partial charge on any atom is -0.495 e. The Labute approximate surface area is 71.0 Å². The van der Waals surface area contributed by atoms with Gasteiger partial charge in [-0.3, -0.25) is 4.98 Å². The second kappa shape index (κ2) is 4.04. The van der Waals surface area contributed by atoms with Crippen LogP contribution in [0.2, 0.25) is 0 Å². The molecule has 0 aliphatic rings. The minimum absolute atomic E-state index is 0.181. The van der Waals surface area contributed by atoms with Gasteiger partial charge in [0, 0.05) is 18.3 Å². The van der Waals surface area contributed by atoms with Crippen LogP contribution in [0.4, 0.5) is 0 Å². The third-order valence-corrected chi connectivity index (χ3v) is 1.62. The van der Waals surface area contributed by atoms with Gasteiger partial charge in [-0.25, -0.2) is 0 Å². The molecule has 0 radical (unpaired) electrons. The molecule has 1 aromatic rings. The van der Waals surface area contributed by atoms with Gasteiger partial charge in [0.15, 0.2) is 0 Å². The molecule has 1 rings (SSSR count). The number of methoxy groups -OCH3 is 1. The van der Waals surface area contributed by atoms with Gasteiger partial charge in [0.25, 0.3) is 0 Å². The predicted molar refractivity (Wildman–Crippen MR) is 44.8 cm³/mol. The van der Waals surface area contributed by atoms with Crippen LogP contribution in [-0.4, -0.2) is 23.7 Å². The van der Waals surface area contributed by atoms with Crippen LogP contribution in [0.5, 0.6) is 5.75 Å². The zero-order valence-electron chi connectivity index (χ0n) is 6.90. The number of hydrogen-bond donors (Lipinski definition) is 2. The summed E-state index contributed by atoms with van der Waals surface area (Å²) < 4.78 is 4.99. The zero-order valence-corrected chi connectivity index (χ0v) is 6.90. The predicted octanol–water partition coefficient (Wildman–Crippen LogP) is 0.0823. The fraction of sp³-hybridized carbons (Fsp3) is 0.375. The lowest BCUT2D eigenvalue weighted by Gasteiger charge is -2.11. The van der Waals surface area contributed by atoms with Crippen LogP contribution in [0, 0.1) is 0 Å². The molecule has 12 heavy (non-hydrogen) atoms. The highest BCUT2D eigenvalue weighted by molar-refractivity contribution is 5.31. The van der Waals surface area contributed by atoms with Gasteiger partial charge in [0.2, 0.25) is 0 Å². The molecule has 1 unspecified atom stereocenters. The Morgan fingerprint density at radius 3 is 3.08 bits per heavy atom. The minimum atomic E-state index is -0.678. The number of ether oxygens (including phenoxy) is 1. The fourth-order valence-corrected chi connectivity index (χ4v) is 0.964. The summed E-state index contributed by atoms with van der Waals surface area (Å²) in [5, 5.41) is 9.41. The molecular formula is C8H12N2O2. The summed E-state index contributed by atoms with van der Waals surface area (Å²) in [5.74, 6) is 0.565. The van der Waals surface area contributed by atoms with E-state index >= 15 is 0 Å². The monoisotopic (exact) mass is 168 g/mol. The molecule has 0 aliphatic heterocycles. The summed E-state index contributed by atoms with van der Waals surface area (Å²) >= 11 is 0. The molecule has 66 valence electrons. The highest BCUT2D eigenvalue weighted by Gasteiger charge is 2.10. The van der Waals surface area contributed by atoms with Crippen molar-refractivity contribution in [2.75, 3.05) is 13.7 Å². The van der Waals surface area contributed by atoms with E-state index in [1.165, 1.54) is 7.11 Å². The van der Waals surface area contributed by atoms with Crippen molar-refractivity contribution in [1.82, 2.24) is 4.98 Å². The largest absolute Gasteiger partial charge is 0.495 e. The van der Waals surface area contributed by atoms with E-state index < -0.39 is 6.10 Å². The Bertz CT molecular complexity index is 253. The van der Waals surface area contributed by atoms with Crippen LogP contribution >= 0.6 is 0 Å². The summed E-state index contributed by atoms with van der Waals surface area (Å²) in [6.07, 6.45) is 2.47. The van der Waals surface area contributed by atoms with Crippen LogP contribution in [0.15, 0.2) is 18.5 Å². The Morgan fingerprint density at radius 2 is 2.50 bits per heavy atom. The van der Waals surface area contributed by atoms with Crippen molar-refractivity contribution >= 4 is 0 Å². The van der Waals surface area contributed by atoms with Crippen molar-refractivity contribution in [2.45, 2.75) is 6.10 Å². The highest BCUT2D eigenvalue weighted by Crippen LogP contribution is 2.22. The van der Waals surface area contributed by atoms with E-state index in [4.69, 9.17) is 10.5 Å². The molecule has 1 heterocycles. The van der Waals surface area contributed by atoms with Gasteiger partial charge in [-0.15, -0.1) is 0 Å². The summed E-state index contributed by atoms with van der Waals surface area (Å²) in [6.45, 7) is 0.181. The first-order valence-corrected chi connectivity index (χ1v) is 3.65. The Morgan fingerprint density at radius 1 is 1.75 bits per heavy atom. The first kappa shape index (κ1) is 8.96. The molecule has 3 N–H and O–H groups in total. The maximum Gasteiger partial charge on any atom is 0.142 e. The van der Waals surface area contributed by atoms with Gasteiger partial charge in [0.1, 0.15) is 5.75 Å².